The monoisotopic (exact) mass is 749 g/mol. The number of carbonyl (C=O) groups is 2. The summed E-state index contributed by atoms with van der Waals surface area (Å²) in [7, 11) is -5.64. The van der Waals surface area contributed by atoms with Crippen molar-refractivity contribution in [2.45, 2.75) is 66.8 Å². The number of hydrogen-bond acceptors (Lipinski definition) is 7. The average Bonchev–Trinajstić information content (AvgIpc) is 3.28. The molecule has 2 bridgehead atoms. The van der Waals surface area contributed by atoms with Crippen molar-refractivity contribution in [3.8, 4) is 11.5 Å². The molecule has 0 saturated carbocycles. The van der Waals surface area contributed by atoms with Gasteiger partial charge in [0.1, 0.15) is 17.3 Å². The molecule has 5 rings (SSSR count). The second-order valence-corrected chi connectivity index (χ2v) is 13.8. The molecular weight excluding hydrogens is 724 g/mol. The molecule has 252 valence electrons. The minimum absolute atomic E-state index is 0.0246. The van der Waals surface area contributed by atoms with E-state index < -0.39 is 72.9 Å². The van der Waals surface area contributed by atoms with Crippen molar-refractivity contribution >= 4 is 37.8 Å². The summed E-state index contributed by atoms with van der Waals surface area (Å²) in [5.41, 5.74) is 5.11. The maximum Gasteiger partial charge on any atom is 0.492 e. The van der Waals surface area contributed by atoms with Crippen LogP contribution in [0.3, 0.4) is 0 Å². The molecular formula is C30H26BrF6N3O6S. The lowest BCUT2D eigenvalue weighted by Gasteiger charge is -2.42. The van der Waals surface area contributed by atoms with Crippen LogP contribution >= 0.6 is 15.9 Å². The highest BCUT2D eigenvalue weighted by Crippen LogP contribution is 2.43. The van der Waals surface area contributed by atoms with Crippen LogP contribution in [0.15, 0.2) is 82.2 Å². The van der Waals surface area contributed by atoms with E-state index in [9.17, 15) is 35.6 Å². The van der Waals surface area contributed by atoms with Gasteiger partial charge in [0.15, 0.2) is 0 Å². The Hall–Kier alpha value is -3.67. The highest BCUT2D eigenvalue weighted by atomic mass is 79.9. The van der Waals surface area contributed by atoms with Gasteiger partial charge in [-0.1, -0.05) is 28.1 Å². The Labute approximate surface area is 273 Å². The topological polar surface area (TPSA) is 119 Å². The Morgan fingerprint density at radius 1 is 0.872 bits per heavy atom. The SMILES string of the molecule is NC1CC2CCC(C1)N2C(=O)[C@@H](N(OC(=O)C(F)(F)F)S(=O)(=O)c1ccc(Oc2ccc(F)cc2)cc1)C(F)(F)c1ccc(Br)cc1. The molecule has 17 heteroatoms. The highest BCUT2D eigenvalue weighted by Gasteiger charge is 2.60. The summed E-state index contributed by atoms with van der Waals surface area (Å²) < 4.78 is 120. The number of hydrogen-bond donors (Lipinski definition) is 1. The molecule has 0 aliphatic carbocycles. The van der Waals surface area contributed by atoms with Crippen molar-refractivity contribution in [1.29, 1.82) is 0 Å². The number of rotatable bonds is 9. The first kappa shape index (κ1) is 34.7. The fraction of sp³-hybridized carbons (Fsp3) is 0.333. The molecule has 2 N–H and O–H groups in total. The van der Waals surface area contributed by atoms with Gasteiger partial charge in [0.2, 0.25) is 6.04 Å². The minimum atomic E-state index is -5.84. The van der Waals surface area contributed by atoms with Gasteiger partial charge >= 0.3 is 18.1 Å². The van der Waals surface area contributed by atoms with Gasteiger partial charge in [0.05, 0.1) is 4.90 Å². The van der Waals surface area contributed by atoms with Crippen LogP contribution in [0.2, 0.25) is 0 Å². The summed E-state index contributed by atoms with van der Waals surface area (Å²) in [6, 6.07) is 7.30. The first-order valence-corrected chi connectivity index (χ1v) is 16.3. The van der Waals surface area contributed by atoms with E-state index in [0.717, 1.165) is 65.6 Å². The van der Waals surface area contributed by atoms with Crippen molar-refractivity contribution in [1.82, 2.24) is 9.37 Å². The summed E-state index contributed by atoms with van der Waals surface area (Å²) in [5, 5.41) is 0. The zero-order valence-corrected chi connectivity index (χ0v) is 26.4. The van der Waals surface area contributed by atoms with Crippen molar-refractivity contribution in [2.75, 3.05) is 0 Å². The third-order valence-electron chi connectivity index (χ3n) is 7.85. The van der Waals surface area contributed by atoms with Gasteiger partial charge in [-0.25, -0.2) is 17.6 Å². The third kappa shape index (κ3) is 7.27. The number of hydroxylamine groups is 1. The molecule has 0 radical (unpaired) electrons. The standard InChI is InChI=1S/C30H26BrF6N3O6S/c31-18-3-1-17(2-4-18)29(33,34)26(27(41)39-21-7-8-22(39)16-20(38)15-21)40(46-28(42)30(35,36)37)47(43,44)25-13-11-24(12-14-25)45-23-9-5-19(32)6-10-23/h1-6,9-14,20-22,26H,7-8,15-16,38H2/t20?,21?,22?,26-/m1/s1. The van der Waals surface area contributed by atoms with Gasteiger partial charge < -0.3 is 20.2 Å². The van der Waals surface area contributed by atoms with Gasteiger partial charge in [0.25, 0.3) is 15.9 Å². The molecule has 3 atom stereocenters. The van der Waals surface area contributed by atoms with Gasteiger partial charge in [-0.05, 0) is 90.8 Å². The highest BCUT2D eigenvalue weighted by molar-refractivity contribution is 9.10. The second-order valence-electron chi connectivity index (χ2n) is 11.1. The summed E-state index contributed by atoms with van der Waals surface area (Å²) in [4.78, 5) is 30.6. The lowest BCUT2D eigenvalue weighted by molar-refractivity contribution is -0.240. The lowest BCUT2D eigenvalue weighted by atomic mass is 9.94. The molecule has 2 aliphatic heterocycles. The average molecular weight is 751 g/mol. The fourth-order valence-electron chi connectivity index (χ4n) is 5.72. The van der Waals surface area contributed by atoms with E-state index in [1.807, 2.05) is 0 Å². The van der Waals surface area contributed by atoms with E-state index >= 15 is 8.78 Å². The Morgan fingerprint density at radius 2 is 1.38 bits per heavy atom. The molecule has 3 aromatic carbocycles. The number of alkyl halides is 5. The molecule has 2 fully saturated rings. The number of benzene rings is 3. The fourth-order valence-corrected chi connectivity index (χ4v) is 7.34. The van der Waals surface area contributed by atoms with Crippen LogP contribution in [0.1, 0.15) is 31.2 Å². The van der Waals surface area contributed by atoms with Gasteiger partial charge in [-0.15, -0.1) is 0 Å². The van der Waals surface area contributed by atoms with Crippen LogP contribution in [0.5, 0.6) is 11.5 Å². The van der Waals surface area contributed by atoms with E-state index in [1.54, 1.807) is 0 Å². The lowest BCUT2D eigenvalue weighted by Crippen LogP contribution is -2.62. The molecule has 0 spiro atoms. The Kier molecular flexibility index (Phi) is 9.65. The Balaban J connectivity index is 1.61. The van der Waals surface area contributed by atoms with Crippen molar-refractivity contribution in [2.24, 2.45) is 5.73 Å². The summed E-state index contributed by atoms with van der Waals surface area (Å²) >= 11 is 3.09. The van der Waals surface area contributed by atoms with E-state index in [2.05, 4.69) is 20.8 Å². The van der Waals surface area contributed by atoms with Crippen LogP contribution < -0.4 is 10.5 Å². The molecule has 3 aromatic rings. The number of fused-ring (bicyclic) bond motifs is 2. The first-order chi connectivity index (χ1) is 22.0. The third-order valence-corrected chi connectivity index (χ3v) is 10.0. The predicted octanol–water partition coefficient (Wildman–Crippen LogP) is 6.03. The summed E-state index contributed by atoms with van der Waals surface area (Å²) in [6.07, 6.45) is -4.79. The molecule has 2 heterocycles. The van der Waals surface area contributed by atoms with Gasteiger partial charge in [0, 0.05) is 28.2 Å². The number of nitrogens with two attached hydrogens (primary N) is 1. The number of amides is 1. The minimum Gasteiger partial charge on any atom is -0.457 e. The van der Waals surface area contributed by atoms with E-state index in [0.29, 0.717) is 17.3 Å². The molecule has 2 saturated heterocycles. The van der Waals surface area contributed by atoms with E-state index in [-0.39, 0.29) is 30.4 Å². The Bertz CT molecular complexity index is 1710. The predicted molar refractivity (Wildman–Crippen MR) is 157 cm³/mol. The zero-order valence-electron chi connectivity index (χ0n) is 24.0. The van der Waals surface area contributed by atoms with E-state index in [1.165, 1.54) is 12.1 Å². The Morgan fingerprint density at radius 3 is 1.89 bits per heavy atom. The van der Waals surface area contributed by atoms with Gasteiger partial charge in [-0.2, -0.15) is 22.0 Å². The molecule has 0 aromatic heterocycles. The molecule has 9 nitrogen and oxygen atoms in total. The maximum atomic E-state index is 16.6. The smallest absolute Gasteiger partial charge is 0.457 e. The summed E-state index contributed by atoms with van der Waals surface area (Å²) in [5.74, 6) is -9.70. The summed E-state index contributed by atoms with van der Waals surface area (Å²) in [6.45, 7) is 0. The number of halogens is 7. The maximum absolute atomic E-state index is 16.6. The first-order valence-electron chi connectivity index (χ1n) is 14.1. The molecule has 47 heavy (non-hydrogen) atoms. The van der Waals surface area contributed by atoms with Crippen LogP contribution in [0, 0.1) is 5.82 Å². The number of sulfonamides is 1. The number of carbonyl (C=O) groups excluding carboxylic acids is 2. The second kappa shape index (κ2) is 13.1. The van der Waals surface area contributed by atoms with Crippen LogP contribution in [-0.4, -0.2) is 60.0 Å². The van der Waals surface area contributed by atoms with E-state index in [4.69, 9.17) is 10.5 Å². The number of nitrogens with zero attached hydrogens (tertiary/aromatic N) is 2. The van der Waals surface area contributed by atoms with Crippen molar-refractivity contribution in [3.05, 3.63) is 88.6 Å². The zero-order chi connectivity index (χ0) is 34.3. The number of ether oxygens (including phenoxy) is 1. The van der Waals surface area contributed by atoms with Crippen molar-refractivity contribution in [3.63, 3.8) is 0 Å². The molecule has 2 aliphatic rings. The quantitative estimate of drug-likeness (QED) is 0.210. The molecule has 2 unspecified atom stereocenters. The van der Waals surface area contributed by atoms with Crippen LogP contribution in [-0.2, 0) is 30.4 Å². The molecule has 1 amide bonds. The normalized spacial score (nSPS) is 20.6. The van der Waals surface area contributed by atoms with Crippen LogP contribution in [0.25, 0.3) is 0 Å². The largest absolute Gasteiger partial charge is 0.492 e. The van der Waals surface area contributed by atoms with Crippen molar-refractivity contribution < 1.29 is 53.9 Å². The number of piperidine rings is 1. The van der Waals surface area contributed by atoms with Crippen LogP contribution in [0.4, 0.5) is 26.3 Å². The van der Waals surface area contributed by atoms with Gasteiger partial charge in [-0.3, -0.25) is 4.79 Å².